The molecule has 3 nitrogen and oxygen atoms in total. The average molecular weight is 264 g/mol. The first-order valence-corrected chi connectivity index (χ1v) is 6.96. The van der Waals surface area contributed by atoms with Crippen LogP contribution in [0.5, 0.6) is 0 Å². The number of aromatic amines is 1. The van der Waals surface area contributed by atoms with Crippen molar-refractivity contribution in [3.63, 3.8) is 0 Å². The fourth-order valence-electron chi connectivity index (χ4n) is 2.88. The van der Waals surface area contributed by atoms with Crippen molar-refractivity contribution in [1.82, 2.24) is 9.97 Å². The number of hydrogen-bond acceptors (Lipinski definition) is 2. The molecule has 0 bridgehead atoms. The highest BCUT2D eigenvalue weighted by atomic mass is 35.5. The van der Waals surface area contributed by atoms with Crippen molar-refractivity contribution in [2.24, 2.45) is 5.73 Å². The SMILES string of the molecule is NC1(Cc2nc3ccc(Cl)cc3[nH]2)CCCCC1. The predicted octanol–water partition coefficient (Wildman–Crippen LogP) is 3.42. The van der Waals surface area contributed by atoms with Gasteiger partial charge in [0.1, 0.15) is 5.82 Å². The molecule has 1 aliphatic carbocycles. The van der Waals surface area contributed by atoms with Crippen LogP contribution in [-0.2, 0) is 6.42 Å². The van der Waals surface area contributed by atoms with Crippen molar-refractivity contribution in [3.8, 4) is 0 Å². The Morgan fingerprint density at radius 2 is 2.06 bits per heavy atom. The third kappa shape index (κ3) is 2.38. The zero-order chi connectivity index (χ0) is 12.6. The topological polar surface area (TPSA) is 54.7 Å². The van der Waals surface area contributed by atoms with Gasteiger partial charge in [-0.05, 0) is 31.0 Å². The number of nitrogens with one attached hydrogen (secondary N) is 1. The summed E-state index contributed by atoms with van der Waals surface area (Å²) in [5.74, 6) is 0.983. The Morgan fingerprint density at radius 1 is 1.28 bits per heavy atom. The number of nitrogens with zero attached hydrogens (tertiary/aromatic N) is 1. The minimum Gasteiger partial charge on any atom is -0.342 e. The zero-order valence-electron chi connectivity index (χ0n) is 10.4. The zero-order valence-corrected chi connectivity index (χ0v) is 11.1. The summed E-state index contributed by atoms with van der Waals surface area (Å²) < 4.78 is 0. The molecule has 0 atom stereocenters. The average Bonchev–Trinajstić information content (AvgIpc) is 2.70. The summed E-state index contributed by atoms with van der Waals surface area (Å²) in [7, 11) is 0. The largest absolute Gasteiger partial charge is 0.342 e. The van der Waals surface area contributed by atoms with Crippen LogP contribution in [0.3, 0.4) is 0 Å². The van der Waals surface area contributed by atoms with E-state index in [-0.39, 0.29) is 5.54 Å². The standard InChI is InChI=1S/C14H18ClN3/c15-10-4-5-11-12(8-10)18-13(17-11)9-14(16)6-2-1-3-7-14/h4-5,8H,1-3,6-7,9,16H2,(H,17,18). The Bertz CT molecular complexity index is 555. The Hall–Kier alpha value is -1.06. The first kappa shape index (κ1) is 12.0. The molecule has 0 unspecified atom stereocenters. The Balaban J connectivity index is 1.86. The fourth-order valence-corrected chi connectivity index (χ4v) is 3.06. The van der Waals surface area contributed by atoms with Gasteiger partial charge in [-0.25, -0.2) is 4.98 Å². The molecule has 3 N–H and O–H groups in total. The van der Waals surface area contributed by atoms with Gasteiger partial charge >= 0.3 is 0 Å². The molecule has 2 aromatic rings. The molecule has 18 heavy (non-hydrogen) atoms. The molecule has 3 rings (SSSR count). The number of imidazole rings is 1. The minimum absolute atomic E-state index is 0.0735. The highest BCUT2D eigenvalue weighted by Gasteiger charge is 2.28. The lowest BCUT2D eigenvalue weighted by Crippen LogP contribution is -2.44. The number of aromatic nitrogens is 2. The number of hydrogen-bond donors (Lipinski definition) is 2. The number of halogens is 1. The summed E-state index contributed by atoms with van der Waals surface area (Å²) in [5.41, 5.74) is 8.35. The summed E-state index contributed by atoms with van der Waals surface area (Å²) >= 11 is 5.97. The van der Waals surface area contributed by atoms with Gasteiger partial charge < -0.3 is 10.7 Å². The number of fused-ring (bicyclic) bond motifs is 1. The summed E-state index contributed by atoms with van der Waals surface area (Å²) in [4.78, 5) is 7.93. The number of nitrogens with two attached hydrogens (primary N) is 1. The van der Waals surface area contributed by atoms with Gasteiger partial charge in [0.25, 0.3) is 0 Å². The third-order valence-electron chi connectivity index (χ3n) is 3.86. The summed E-state index contributed by atoms with van der Waals surface area (Å²) in [6.07, 6.45) is 6.83. The monoisotopic (exact) mass is 263 g/mol. The van der Waals surface area contributed by atoms with E-state index >= 15 is 0 Å². The molecule has 0 aliphatic heterocycles. The van der Waals surface area contributed by atoms with Crippen LogP contribution in [0.1, 0.15) is 37.9 Å². The highest BCUT2D eigenvalue weighted by Crippen LogP contribution is 2.29. The maximum atomic E-state index is 6.46. The molecular formula is C14H18ClN3. The smallest absolute Gasteiger partial charge is 0.109 e. The fraction of sp³-hybridized carbons (Fsp3) is 0.500. The van der Waals surface area contributed by atoms with Crippen molar-refractivity contribution >= 4 is 22.6 Å². The van der Waals surface area contributed by atoms with Crippen molar-refractivity contribution in [2.75, 3.05) is 0 Å². The van der Waals surface area contributed by atoms with E-state index in [9.17, 15) is 0 Å². The van der Waals surface area contributed by atoms with E-state index < -0.39 is 0 Å². The van der Waals surface area contributed by atoms with Crippen LogP contribution in [0.4, 0.5) is 0 Å². The molecule has 0 radical (unpaired) electrons. The van der Waals surface area contributed by atoms with Crippen LogP contribution < -0.4 is 5.73 Å². The van der Waals surface area contributed by atoms with E-state index in [1.54, 1.807) is 0 Å². The molecule has 96 valence electrons. The molecule has 0 amide bonds. The third-order valence-corrected chi connectivity index (χ3v) is 4.10. The molecule has 1 aromatic heterocycles. The lowest BCUT2D eigenvalue weighted by atomic mass is 9.80. The normalized spacial score (nSPS) is 19.2. The van der Waals surface area contributed by atoms with Gasteiger partial charge in [-0.1, -0.05) is 30.9 Å². The van der Waals surface area contributed by atoms with Gasteiger partial charge in [0.05, 0.1) is 11.0 Å². The van der Waals surface area contributed by atoms with Gasteiger partial charge in [-0.2, -0.15) is 0 Å². The van der Waals surface area contributed by atoms with Gasteiger partial charge in [-0.15, -0.1) is 0 Å². The van der Waals surface area contributed by atoms with Gasteiger partial charge in [0.15, 0.2) is 0 Å². The van der Waals surface area contributed by atoms with E-state index in [4.69, 9.17) is 17.3 Å². The van der Waals surface area contributed by atoms with E-state index in [0.717, 1.165) is 41.1 Å². The molecule has 1 aromatic carbocycles. The van der Waals surface area contributed by atoms with Gasteiger partial charge in [0, 0.05) is 17.0 Å². The quantitative estimate of drug-likeness (QED) is 0.872. The van der Waals surface area contributed by atoms with Crippen molar-refractivity contribution in [2.45, 2.75) is 44.1 Å². The first-order chi connectivity index (χ1) is 8.65. The maximum absolute atomic E-state index is 6.46. The van der Waals surface area contributed by atoms with E-state index in [2.05, 4.69) is 9.97 Å². The lowest BCUT2D eigenvalue weighted by molar-refractivity contribution is 0.290. The predicted molar refractivity (Wildman–Crippen MR) is 74.8 cm³/mol. The van der Waals surface area contributed by atoms with Crippen LogP contribution in [0.2, 0.25) is 5.02 Å². The summed E-state index contributed by atoms with van der Waals surface area (Å²) in [5, 5.41) is 0.734. The molecular weight excluding hydrogens is 246 g/mol. The molecule has 1 fully saturated rings. The molecule has 1 saturated carbocycles. The molecule has 4 heteroatoms. The molecule has 0 spiro atoms. The number of H-pyrrole nitrogens is 1. The van der Waals surface area contributed by atoms with Crippen LogP contribution in [0.25, 0.3) is 11.0 Å². The van der Waals surface area contributed by atoms with Crippen molar-refractivity contribution < 1.29 is 0 Å². The number of rotatable bonds is 2. The Morgan fingerprint density at radius 3 is 2.83 bits per heavy atom. The Kier molecular flexibility index (Phi) is 3.04. The van der Waals surface area contributed by atoms with Crippen LogP contribution in [0, 0.1) is 0 Å². The van der Waals surface area contributed by atoms with E-state index in [0.29, 0.717) is 0 Å². The van der Waals surface area contributed by atoms with E-state index in [1.165, 1.54) is 19.3 Å². The lowest BCUT2D eigenvalue weighted by Gasteiger charge is -2.32. The Labute approximate surface area is 112 Å². The maximum Gasteiger partial charge on any atom is 0.109 e. The second-order valence-electron chi connectivity index (χ2n) is 5.44. The second-order valence-corrected chi connectivity index (χ2v) is 5.88. The van der Waals surface area contributed by atoms with Crippen LogP contribution in [-0.4, -0.2) is 15.5 Å². The molecule has 1 aliphatic rings. The van der Waals surface area contributed by atoms with Crippen molar-refractivity contribution in [3.05, 3.63) is 29.0 Å². The van der Waals surface area contributed by atoms with Crippen LogP contribution >= 0.6 is 11.6 Å². The molecule has 1 heterocycles. The van der Waals surface area contributed by atoms with Gasteiger partial charge in [0.2, 0.25) is 0 Å². The minimum atomic E-state index is -0.0735. The first-order valence-electron chi connectivity index (χ1n) is 6.58. The molecule has 0 saturated heterocycles. The van der Waals surface area contributed by atoms with Gasteiger partial charge in [-0.3, -0.25) is 0 Å². The second kappa shape index (κ2) is 4.56. The summed E-state index contributed by atoms with van der Waals surface area (Å²) in [6, 6.07) is 5.73. The van der Waals surface area contributed by atoms with E-state index in [1.807, 2.05) is 18.2 Å². The van der Waals surface area contributed by atoms with Crippen LogP contribution in [0.15, 0.2) is 18.2 Å². The number of benzene rings is 1. The van der Waals surface area contributed by atoms with Crippen molar-refractivity contribution in [1.29, 1.82) is 0 Å². The highest BCUT2D eigenvalue weighted by molar-refractivity contribution is 6.31. The summed E-state index contributed by atoms with van der Waals surface area (Å²) in [6.45, 7) is 0.